The summed E-state index contributed by atoms with van der Waals surface area (Å²) >= 11 is 7.83. The lowest BCUT2D eigenvalue weighted by atomic mass is 9.97. The average molecular weight is 369 g/mol. The Morgan fingerprint density at radius 2 is 2.12 bits per heavy atom. The van der Waals surface area contributed by atoms with Gasteiger partial charge < -0.3 is 14.7 Å². The highest BCUT2D eigenvalue weighted by atomic mass is 35.5. The highest BCUT2D eigenvalue weighted by molar-refractivity contribution is 7.18. The Kier molecular flexibility index (Phi) is 6.11. The van der Waals surface area contributed by atoms with E-state index >= 15 is 0 Å². The molecule has 24 heavy (non-hydrogen) atoms. The number of aromatic nitrogens is 1. The van der Waals surface area contributed by atoms with Gasteiger partial charge in [0, 0.05) is 17.5 Å². The van der Waals surface area contributed by atoms with Crippen LogP contribution in [0.2, 0.25) is 5.02 Å². The molecule has 0 bridgehead atoms. The van der Waals surface area contributed by atoms with Crippen LogP contribution in [-0.2, 0) is 4.74 Å². The minimum absolute atomic E-state index is 0.165. The van der Waals surface area contributed by atoms with Crippen LogP contribution in [0.1, 0.15) is 37.6 Å². The third-order valence-electron chi connectivity index (χ3n) is 4.39. The second kappa shape index (κ2) is 8.11. The molecular formula is C18H25ClN2O2S. The van der Waals surface area contributed by atoms with Gasteiger partial charge in [0.15, 0.2) is 0 Å². The van der Waals surface area contributed by atoms with Gasteiger partial charge in [0.1, 0.15) is 0 Å². The third kappa shape index (κ3) is 4.67. The molecule has 1 unspecified atom stereocenters. The van der Waals surface area contributed by atoms with Gasteiger partial charge in [-0.1, -0.05) is 11.6 Å². The van der Waals surface area contributed by atoms with Crippen molar-refractivity contribution in [3.63, 3.8) is 0 Å². The molecule has 0 saturated carbocycles. The highest BCUT2D eigenvalue weighted by Gasteiger charge is 2.24. The zero-order valence-corrected chi connectivity index (χ0v) is 15.8. The Morgan fingerprint density at radius 3 is 2.83 bits per heavy atom. The smallest absolute Gasteiger partial charge is 0.0970 e. The quantitative estimate of drug-likeness (QED) is 0.839. The number of aliphatic hydroxyl groups is 1. The monoisotopic (exact) mass is 368 g/mol. The number of fused-ring (bicyclic) bond motifs is 1. The van der Waals surface area contributed by atoms with Crippen LogP contribution in [-0.4, -0.2) is 53.4 Å². The molecule has 0 aliphatic carbocycles. The summed E-state index contributed by atoms with van der Waals surface area (Å²) in [5, 5.41) is 12.0. The van der Waals surface area contributed by atoms with E-state index in [0.29, 0.717) is 19.1 Å². The van der Waals surface area contributed by atoms with Crippen molar-refractivity contribution in [2.45, 2.75) is 44.8 Å². The second-order valence-corrected chi connectivity index (χ2v) is 8.27. The molecule has 1 aliphatic rings. The lowest BCUT2D eigenvalue weighted by Crippen LogP contribution is -2.40. The van der Waals surface area contributed by atoms with E-state index in [-0.39, 0.29) is 6.10 Å². The van der Waals surface area contributed by atoms with Gasteiger partial charge in [0.05, 0.1) is 34.0 Å². The summed E-state index contributed by atoms with van der Waals surface area (Å²) in [5.74, 6) is 0.515. The van der Waals surface area contributed by atoms with Gasteiger partial charge in [-0.25, -0.2) is 4.98 Å². The molecule has 0 spiro atoms. The summed E-state index contributed by atoms with van der Waals surface area (Å²) in [5.41, 5.74) is 1.01. The van der Waals surface area contributed by atoms with Crippen LogP contribution in [0.3, 0.4) is 0 Å². The molecule has 0 amide bonds. The van der Waals surface area contributed by atoms with E-state index in [0.717, 1.165) is 36.5 Å². The van der Waals surface area contributed by atoms with Crippen LogP contribution in [0.5, 0.6) is 0 Å². The molecule has 1 saturated heterocycles. The maximum atomic E-state index is 10.1. The van der Waals surface area contributed by atoms with E-state index in [9.17, 15) is 5.11 Å². The van der Waals surface area contributed by atoms with Gasteiger partial charge in [-0.05, 0) is 58.0 Å². The minimum atomic E-state index is -0.409. The summed E-state index contributed by atoms with van der Waals surface area (Å²) in [6.45, 7) is 7.08. The Hall–Kier alpha value is -0.720. The lowest BCUT2D eigenvalue weighted by molar-refractivity contribution is -0.0111. The van der Waals surface area contributed by atoms with Crippen LogP contribution in [0.15, 0.2) is 18.2 Å². The number of piperidine rings is 1. The number of benzene rings is 1. The second-order valence-electron chi connectivity index (χ2n) is 6.77. The highest BCUT2D eigenvalue weighted by Crippen LogP contribution is 2.34. The first-order chi connectivity index (χ1) is 11.5. The van der Waals surface area contributed by atoms with Crippen LogP contribution >= 0.6 is 22.9 Å². The number of ether oxygens (including phenoxy) is 1. The summed E-state index contributed by atoms with van der Waals surface area (Å²) in [7, 11) is 0. The van der Waals surface area contributed by atoms with Crippen LogP contribution in [0.4, 0.5) is 0 Å². The zero-order valence-electron chi connectivity index (χ0n) is 14.2. The van der Waals surface area contributed by atoms with Crippen molar-refractivity contribution in [3.8, 4) is 0 Å². The standard InChI is InChI=1S/C18H25ClN2O2S/c1-12(2)23-11-15(22)10-21-7-5-13(6-8-21)18-20-16-9-14(19)3-4-17(16)24-18/h3-4,9,12-13,15,22H,5-8,10-11H2,1-2H3. The van der Waals surface area contributed by atoms with Crippen LogP contribution in [0.25, 0.3) is 10.2 Å². The number of hydrogen-bond acceptors (Lipinski definition) is 5. The molecule has 3 rings (SSSR count). The van der Waals surface area contributed by atoms with Crippen LogP contribution in [0, 0.1) is 0 Å². The third-order valence-corrected chi connectivity index (χ3v) is 5.83. The molecular weight excluding hydrogens is 344 g/mol. The first kappa shape index (κ1) is 18.1. The lowest BCUT2D eigenvalue weighted by Gasteiger charge is -2.32. The van der Waals surface area contributed by atoms with E-state index in [1.54, 1.807) is 11.3 Å². The van der Waals surface area contributed by atoms with Crippen molar-refractivity contribution < 1.29 is 9.84 Å². The number of nitrogens with zero attached hydrogens (tertiary/aromatic N) is 2. The molecule has 1 aliphatic heterocycles. The molecule has 2 aromatic rings. The number of rotatable bonds is 6. The van der Waals surface area contributed by atoms with Crippen molar-refractivity contribution >= 4 is 33.2 Å². The minimum Gasteiger partial charge on any atom is -0.389 e. The first-order valence-corrected chi connectivity index (χ1v) is 9.78. The Bertz CT molecular complexity index is 668. The fraction of sp³-hybridized carbons (Fsp3) is 0.611. The fourth-order valence-electron chi connectivity index (χ4n) is 3.11. The van der Waals surface area contributed by atoms with Gasteiger partial charge in [0.2, 0.25) is 0 Å². The fourth-order valence-corrected chi connectivity index (χ4v) is 4.39. The molecule has 0 radical (unpaired) electrons. The molecule has 1 atom stereocenters. The van der Waals surface area contributed by atoms with Crippen molar-refractivity contribution in [2.75, 3.05) is 26.2 Å². The molecule has 6 heteroatoms. The van der Waals surface area contributed by atoms with Gasteiger partial charge in [-0.2, -0.15) is 0 Å². The molecule has 1 N–H and O–H groups in total. The van der Waals surface area contributed by atoms with Crippen molar-refractivity contribution in [1.82, 2.24) is 9.88 Å². The topological polar surface area (TPSA) is 45.6 Å². The van der Waals surface area contributed by atoms with Crippen molar-refractivity contribution in [2.24, 2.45) is 0 Å². The van der Waals surface area contributed by atoms with Gasteiger partial charge >= 0.3 is 0 Å². The predicted molar refractivity (Wildman–Crippen MR) is 100 cm³/mol. The van der Waals surface area contributed by atoms with Crippen LogP contribution < -0.4 is 0 Å². The van der Waals surface area contributed by atoms with Crippen molar-refractivity contribution in [3.05, 3.63) is 28.2 Å². The number of likely N-dealkylation sites (tertiary alicyclic amines) is 1. The number of thiazole rings is 1. The molecule has 1 aromatic heterocycles. The van der Waals surface area contributed by atoms with E-state index < -0.39 is 6.10 Å². The number of aliphatic hydroxyl groups excluding tert-OH is 1. The summed E-state index contributed by atoms with van der Waals surface area (Å²) in [4.78, 5) is 7.11. The van der Waals surface area contributed by atoms with E-state index in [2.05, 4.69) is 11.0 Å². The van der Waals surface area contributed by atoms with Crippen molar-refractivity contribution in [1.29, 1.82) is 0 Å². The maximum absolute atomic E-state index is 10.1. The average Bonchev–Trinajstić information content (AvgIpc) is 2.96. The molecule has 1 fully saturated rings. The first-order valence-electron chi connectivity index (χ1n) is 8.59. The summed E-state index contributed by atoms with van der Waals surface area (Å²) in [6.07, 6.45) is 1.93. The predicted octanol–water partition coefficient (Wildman–Crippen LogP) is 3.92. The normalized spacial score (nSPS) is 18.5. The maximum Gasteiger partial charge on any atom is 0.0970 e. The number of hydrogen-bond donors (Lipinski definition) is 1. The van der Waals surface area contributed by atoms with Gasteiger partial charge in [-0.15, -0.1) is 11.3 Å². The largest absolute Gasteiger partial charge is 0.389 e. The molecule has 4 nitrogen and oxygen atoms in total. The van der Waals surface area contributed by atoms with E-state index in [1.807, 2.05) is 26.0 Å². The zero-order chi connectivity index (χ0) is 17.1. The van der Waals surface area contributed by atoms with Gasteiger partial charge in [0.25, 0.3) is 0 Å². The Labute approximate surface area is 152 Å². The Morgan fingerprint density at radius 1 is 1.38 bits per heavy atom. The van der Waals surface area contributed by atoms with E-state index in [4.69, 9.17) is 21.3 Å². The molecule has 2 heterocycles. The van der Waals surface area contributed by atoms with E-state index in [1.165, 1.54) is 9.71 Å². The number of halogens is 1. The summed E-state index contributed by atoms with van der Waals surface area (Å²) < 4.78 is 6.69. The Balaban J connectivity index is 1.52. The SMILES string of the molecule is CC(C)OCC(O)CN1CCC(c2nc3cc(Cl)ccc3s2)CC1. The molecule has 132 valence electrons. The number of β-amino-alcohol motifs (C(OH)–C–C–N with tert-alkyl or cyclic N) is 1. The van der Waals surface area contributed by atoms with Gasteiger partial charge in [-0.3, -0.25) is 0 Å². The summed E-state index contributed by atoms with van der Waals surface area (Å²) in [6, 6.07) is 5.92. The molecule has 1 aromatic carbocycles.